The minimum absolute atomic E-state index is 0.540. The van der Waals surface area contributed by atoms with E-state index in [-0.39, 0.29) is 0 Å². The molecule has 1 atom stereocenters. The lowest BCUT2D eigenvalue weighted by atomic mass is 10.0. The number of aryl methyl sites for hydroxylation is 1. The van der Waals surface area contributed by atoms with E-state index in [1.807, 2.05) is 36.4 Å². The van der Waals surface area contributed by atoms with E-state index in [9.17, 15) is 5.11 Å². The van der Waals surface area contributed by atoms with Crippen LogP contribution in [0.25, 0.3) is 10.1 Å². The van der Waals surface area contributed by atoms with Crippen molar-refractivity contribution in [3.05, 3.63) is 70.6 Å². The highest BCUT2D eigenvalue weighted by molar-refractivity contribution is 7.17. The van der Waals surface area contributed by atoms with Crippen LogP contribution in [-0.2, 0) is 0 Å². The predicted molar refractivity (Wildman–Crippen MR) is 77.1 cm³/mol. The van der Waals surface area contributed by atoms with Crippen LogP contribution in [0.1, 0.15) is 22.8 Å². The summed E-state index contributed by atoms with van der Waals surface area (Å²) < 4.78 is 1.22. The van der Waals surface area contributed by atoms with E-state index in [2.05, 4.69) is 24.4 Å². The third kappa shape index (κ3) is 1.94. The minimum Gasteiger partial charge on any atom is -0.384 e. The lowest BCUT2D eigenvalue weighted by molar-refractivity contribution is 0.222. The molecular formula is C16H14OS. The molecule has 0 aliphatic carbocycles. The Morgan fingerprint density at radius 2 is 1.72 bits per heavy atom. The van der Waals surface area contributed by atoms with Crippen molar-refractivity contribution in [3.63, 3.8) is 0 Å². The number of hydrogen-bond donors (Lipinski definition) is 1. The zero-order valence-corrected chi connectivity index (χ0v) is 10.9. The summed E-state index contributed by atoms with van der Waals surface area (Å²) >= 11 is 1.68. The summed E-state index contributed by atoms with van der Waals surface area (Å²) in [6, 6.07) is 16.3. The Morgan fingerprint density at radius 3 is 2.50 bits per heavy atom. The van der Waals surface area contributed by atoms with Gasteiger partial charge in [0.05, 0.1) is 0 Å². The number of thiophene rings is 1. The molecule has 1 heterocycles. The van der Waals surface area contributed by atoms with Crippen LogP contribution in [-0.4, -0.2) is 5.11 Å². The number of aliphatic hydroxyl groups is 1. The van der Waals surface area contributed by atoms with E-state index in [0.29, 0.717) is 0 Å². The number of benzene rings is 2. The molecule has 2 aromatic carbocycles. The molecule has 1 nitrogen and oxygen atoms in total. The van der Waals surface area contributed by atoms with Gasteiger partial charge in [0.1, 0.15) is 6.10 Å². The quantitative estimate of drug-likeness (QED) is 0.723. The van der Waals surface area contributed by atoms with Crippen molar-refractivity contribution >= 4 is 21.4 Å². The Labute approximate surface area is 110 Å². The normalized spacial score (nSPS) is 12.8. The highest BCUT2D eigenvalue weighted by atomic mass is 32.1. The second-order valence-electron chi connectivity index (χ2n) is 4.50. The summed E-state index contributed by atoms with van der Waals surface area (Å²) in [6.07, 6.45) is -0.540. The molecule has 0 bridgehead atoms. The molecule has 0 aliphatic rings. The van der Waals surface area contributed by atoms with Crippen LogP contribution in [0.2, 0.25) is 0 Å². The highest BCUT2D eigenvalue weighted by Gasteiger charge is 2.14. The van der Waals surface area contributed by atoms with Gasteiger partial charge in [0, 0.05) is 10.3 Å². The summed E-state index contributed by atoms with van der Waals surface area (Å²) in [5.41, 5.74) is 3.16. The molecule has 0 saturated carbocycles. The topological polar surface area (TPSA) is 20.2 Å². The van der Waals surface area contributed by atoms with Gasteiger partial charge < -0.3 is 5.11 Å². The molecule has 0 fully saturated rings. The van der Waals surface area contributed by atoms with E-state index >= 15 is 0 Å². The molecule has 0 spiro atoms. The molecule has 0 radical (unpaired) electrons. The molecule has 1 unspecified atom stereocenters. The molecule has 0 aliphatic heterocycles. The predicted octanol–water partition coefficient (Wildman–Crippen LogP) is 4.29. The van der Waals surface area contributed by atoms with Gasteiger partial charge in [0.25, 0.3) is 0 Å². The molecule has 3 rings (SSSR count). The maximum Gasteiger partial charge on any atom is 0.105 e. The van der Waals surface area contributed by atoms with Crippen LogP contribution >= 0.6 is 11.3 Å². The first-order valence-electron chi connectivity index (χ1n) is 5.96. The maximum absolute atomic E-state index is 10.5. The van der Waals surface area contributed by atoms with Crippen molar-refractivity contribution in [2.45, 2.75) is 13.0 Å². The van der Waals surface area contributed by atoms with Gasteiger partial charge in [0.2, 0.25) is 0 Å². The fraction of sp³-hybridized carbons (Fsp3) is 0.125. The van der Waals surface area contributed by atoms with Gasteiger partial charge in [-0.2, -0.15) is 0 Å². The third-order valence-electron chi connectivity index (χ3n) is 3.20. The second kappa shape index (κ2) is 4.56. The third-order valence-corrected chi connectivity index (χ3v) is 4.18. The Balaban J connectivity index is 2.06. The monoisotopic (exact) mass is 254 g/mol. The standard InChI is InChI=1S/C16H14OS/c1-11-6-8-12(9-7-11)16(17)14-10-18-15-5-3-2-4-13(14)15/h2-10,16-17H,1H3. The van der Waals surface area contributed by atoms with E-state index in [1.54, 1.807) is 11.3 Å². The zero-order valence-electron chi connectivity index (χ0n) is 10.1. The first kappa shape index (κ1) is 11.5. The first-order chi connectivity index (χ1) is 8.75. The van der Waals surface area contributed by atoms with Crippen LogP contribution in [0.15, 0.2) is 53.9 Å². The number of fused-ring (bicyclic) bond motifs is 1. The van der Waals surface area contributed by atoms with Crippen LogP contribution < -0.4 is 0 Å². The Hall–Kier alpha value is -1.64. The molecule has 1 aromatic heterocycles. The van der Waals surface area contributed by atoms with Crippen LogP contribution in [0, 0.1) is 6.92 Å². The van der Waals surface area contributed by atoms with Crippen molar-refractivity contribution in [3.8, 4) is 0 Å². The SMILES string of the molecule is Cc1ccc(C(O)c2csc3ccccc23)cc1. The van der Waals surface area contributed by atoms with Crippen LogP contribution in [0.4, 0.5) is 0 Å². The number of rotatable bonds is 2. The Kier molecular flexibility index (Phi) is 2.90. The van der Waals surface area contributed by atoms with Gasteiger partial charge in [0.15, 0.2) is 0 Å². The van der Waals surface area contributed by atoms with Gasteiger partial charge in [-0.05, 0) is 29.3 Å². The summed E-state index contributed by atoms with van der Waals surface area (Å²) in [7, 11) is 0. The summed E-state index contributed by atoms with van der Waals surface area (Å²) in [5.74, 6) is 0. The summed E-state index contributed by atoms with van der Waals surface area (Å²) in [4.78, 5) is 0. The van der Waals surface area contributed by atoms with Crippen molar-refractivity contribution in [2.75, 3.05) is 0 Å². The van der Waals surface area contributed by atoms with Gasteiger partial charge >= 0.3 is 0 Å². The van der Waals surface area contributed by atoms with E-state index < -0.39 is 6.10 Å². The van der Waals surface area contributed by atoms with Crippen molar-refractivity contribution in [2.24, 2.45) is 0 Å². The van der Waals surface area contributed by atoms with E-state index in [4.69, 9.17) is 0 Å². The van der Waals surface area contributed by atoms with Gasteiger partial charge in [-0.3, -0.25) is 0 Å². The van der Waals surface area contributed by atoms with Crippen LogP contribution in [0.3, 0.4) is 0 Å². The molecule has 18 heavy (non-hydrogen) atoms. The Morgan fingerprint density at radius 1 is 1.00 bits per heavy atom. The summed E-state index contributed by atoms with van der Waals surface area (Å²) in [6.45, 7) is 2.05. The van der Waals surface area contributed by atoms with E-state index in [1.165, 1.54) is 10.3 Å². The Bertz CT molecular complexity index is 667. The molecule has 90 valence electrons. The van der Waals surface area contributed by atoms with Crippen molar-refractivity contribution < 1.29 is 5.11 Å². The van der Waals surface area contributed by atoms with Crippen molar-refractivity contribution in [1.82, 2.24) is 0 Å². The second-order valence-corrected chi connectivity index (χ2v) is 5.41. The van der Waals surface area contributed by atoms with E-state index in [0.717, 1.165) is 16.5 Å². The fourth-order valence-electron chi connectivity index (χ4n) is 2.14. The molecule has 0 amide bonds. The molecule has 0 saturated heterocycles. The largest absolute Gasteiger partial charge is 0.384 e. The molecule has 1 N–H and O–H groups in total. The lowest BCUT2D eigenvalue weighted by Crippen LogP contribution is -1.98. The molecular weight excluding hydrogens is 240 g/mol. The fourth-order valence-corrected chi connectivity index (χ4v) is 3.12. The number of aliphatic hydroxyl groups excluding tert-OH is 1. The average molecular weight is 254 g/mol. The highest BCUT2D eigenvalue weighted by Crippen LogP contribution is 2.33. The maximum atomic E-state index is 10.5. The van der Waals surface area contributed by atoms with Crippen molar-refractivity contribution in [1.29, 1.82) is 0 Å². The molecule has 3 aromatic rings. The van der Waals surface area contributed by atoms with Crippen LogP contribution in [0.5, 0.6) is 0 Å². The molecule has 2 heteroatoms. The van der Waals surface area contributed by atoms with Gasteiger partial charge in [-0.25, -0.2) is 0 Å². The smallest absolute Gasteiger partial charge is 0.105 e. The summed E-state index contributed by atoms with van der Waals surface area (Å²) in [5, 5.41) is 13.7. The lowest BCUT2D eigenvalue weighted by Gasteiger charge is -2.10. The zero-order chi connectivity index (χ0) is 12.5. The first-order valence-corrected chi connectivity index (χ1v) is 6.84. The number of hydrogen-bond acceptors (Lipinski definition) is 2. The van der Waals surface area contributed by atoms with Gasteiger partial charge in [-0.15, -0.1) is 11.3 Å². The average Bonchev–Trinajstić information content (AvgIpc) is 2.82. The van der Waals surface area contributed by atoms with Gasteiger partial charge in [-0.1, -0.05) is 48.0 Å². The minimum atomic E-state index is -0.540.